The van der Waals surface area contributed by atoms with Gasteiger partial charge in [0.2, 0.25) is 10.0 Å². The van der Waals surface area contributed by atoms with E-state index >= 15 is 0 Å². The van der Waals surface area contributed by atoms with Crippen molar-refractivity contribution in [3.63, 3.8) is 0 Å². The van der Waals surface area contributed by atoms with Gasteiger partial charge in [0, 0.05) is 21.7 Å². The Morgan fingerprint density at radius 1 is 1.00 bits per heavy atom. The predicted molar refractivity (Wildman–Crippen MR) is 87.1 cm³/mol. The van der Waals surface area contributed by atoms with Gasteiger partial charge >= 0.3 is 0 Å². The zero-order valence-electron chi connectivity index (χ0n) is 11.4. The SMILES string of the molecule is CC(NS(=O)(=O)Cc1c(Cl)cccc1Cl)c1ccccc1. The standard InChI is InChI=1S/C15H15Cl2NO2S/c1-11(12-6-3-2-4-7-12)18-21(19,20)10-13-14(16)8-5-9-15(13)17/h2-9,11,18H,10H2,1H3. The number of halogens is 2. The summed E-state index contributed by atoms with van der Waals surface area (Å²) in [4.78, 5) is 0. The lowest BCUT2D eigenvalue weighted by Crippen LogP contribution is -2.28. The Kier molecular flexibility index (Phi) is 5.27. The monoisotopic (exact) mass is 343 g/mol. The highest BCUT2D eigenvalue weighted by Gasteiger charge is 2.19. The van der Waals surface area contributed by atoms with Gasteiger partial charge in [-0.05, 0) is 24.6 Å². The molecule has 2 aromatic carbocycles. The van der Waals surface area contributed by atoms with Crippen LogP contribution >= 0.6 is 23.2 Å². The Bertz CT molecular complexity index is 697. The number of sulfonamides is 1. The molecule has 0 radical (unpaired) electrons. The summed E-state index contributed by atoms with van der Waals surface area (Å²) in [6, 6.07) is 14.0. The summed E-state index contributed by atoms with van der Waals surface area (Å²) in [6.07, 6.45) is 0. The number of hydrogen-bond donors (Lipinski definition) is 1. The molecule has 0 aliphatic rings. The van der Waals surface area contributed by atoms with Crippen molar-refractivity contribution in [1.82, 2.24) is 4.72 Å². The third-order valence-electron chi connectivity index (χ3n) is 3.05. The van der Waals surface area contributed by atoms with Crippen LogP contribution in [0.3, 0.4) is 0 Å². The van der Waals surface area contributed by atoms with Gasteiger partial charge in [0.1, 0.15) is 0 Å². The molecule has 0 bridgehead atoms. The summed E-state index contributed by atoms with van der Waals surface area (Å²) in [5, 5.41) is 0.695. The maximum absolute atomic E-state index is 12.3. The van der Waals surface area contributed by atoms with Gasteiger partial charge < -0.3 is 0 Å². The van der Waals surface area contributed by atoms with Gasteiger partial charge in [-0.15, -0.1) is 0 Å². The van der Waals surface area contributed by atoms with Crippen LogP contribution in [0.1, 0.15) is 24.1 Å². The van der Waals surface area contributed by atoms with E-state index in [9.17, 15) is 8.42 Å². The fourth-order valence-corrected chi connectivity index (χ4v) is 4.12. The molecule has 1 atom stereocenters. The van der Waals surface area contributed by atoms with Crippen molar-refractivity contribution in [1.29, 1.82) is 0 Å². The van der Waals surface area contributed by atoms with Crippen molar-refractivity contribution in [3.05, 3.63) is 69.7 Å². The van der Waals surface area contributed by atoms with E-state index in [4.69, 9.17) is 23.2 Å². The van der Waals surface area contributed by atoms with Gasteiger partial charge in [-0.1, -0.05) is 59.6 Å². The Hall–Kier alpha value is -1.07. The van der Waals surface area contributed by atoms with Gasteiger partial charge in [0.15, 0.2) is 0 Å². The van der Waals surface area contributed by atoms with Gasteiger partial charge in [-0.25, -0.2) is 13.1 Å². The first-order valence-corrected chi connectivity index (χ1v) is 8.78. The minimum Gasteiger partial charge on any atom is -0.212 e. The van der Waals surface area contributed by atoms with E-state index in [1.54, 1.807) is 25.1 Å². The molecule has 0 heterocycles. The second kappa shape index (κ2) is 6.79. The highest BCUT2D eigenvalue weighted by Crippen LogP contribution is 2.26. The molecule has 1 unspecified atom stereocenters. The molecule has 0 spiro atoms. The van der Waals surface area contributed by atoms with Crippen LogP contribution in [0.2, 0.25) is 10.0 Å². The molecule has 3 nitrogen and oxygen atoms in total. The second-order valence-corrected chi connectivity index (χ2v) is 7.28. The Balaban J connectivity index is 2.16. The van der Waals surface area contributed by atoms with Crippen LogP contribution in [0.5, 0.6) is 0 Å². The van der Waals surface area contributed by atoms with Crippen LogP contribution in [-0.4, -0.2) is 8.42 Å². The minimum atomic E-state index is -3.55. The molecule has 0 aromatic heterocycles. The first-order valence-electron chi connectivity index (χ1n) is 6.37. The van der Waals surface area contributed by atoms with Crippen molar-refractivity contribution in [2.75, 3.05) is 0 Å². The average molecular weight is 344 g/mol. The molecule has 2 rings (SSSR count). The lowest BCUT2D eigenvalue weighted by molar-refractivity contribution is 0.566. The molecule has 0 fully saturated rings. The third kappa shape index (κ3) is 4.45. The number of benzene rings is 2. The third-order valence-corrected chi connectivity index (χ3v) is 5.14. The quantitative estimate of drug-likeness (QED) is 0.885. The molecule has 2 aromatic rings. The highest BCUT2D eigenvalue weighted by molar-refractivity contribution is 7.88. The Labute approximate surface area is 135 Å². The minimum absolute atomic E-state index is 0.247. The molecular formula is C15H15Cl2NO2S. The fourth-order valence-electron chi connectivity index (χ4n) is 1.98. The highest BCUT2D eigenvalue weighted by atomic mass is 35.5. The largest absolute Gasteiger partial charge is 0.216 e. The van der Waals surface area contributed by atoms with Crippen LogP contribution in [0.25, 0.3) is 0 Å². The molecule has 0 saturated carbocycles. The second-order valence-electron chi connectivity index (χ2n) is 4.71. The first kappa shape index (κ1) is 16.3. The Morgan fingerprint density at radius 3 is 2.14 bits per heavy atom. The number of nitrogens with one attached hydrogen (secondary N) is 1. The van der Waals surface area contributed by atoms with E-state index in [1.807, 2.05) is 30.3 Å². The first-order chi connectivity index (χ1) is 9.89. The van der Waals surface area contributed by atoms with E-state index in [-0.39, 0.29) is 11.8 Å². The summed E-state index contributed by atoms with van der Waals surface area (Å²) in [7, 11) is -3.55. The maximum atomic E-state index is 12.3. The number of hydrogen-bond acceptors (Lipinski definition) is 2. The molecule has 1 N–H and O–H groups in total. The van der Waals surface area contributed by atoms with Crippen molar-refractivity contribution in [2.45, 2.75) is 18.7 Å². The van der Waals surface area contributed by atoms with Crippen LogP contribution in [0.4, 0.5) is 0 Å². The van der Waals surface area contributed by atoms with Crippen molar-refractivity contribution >= 4 is 33.2 Å². The Morgan fingerprint density at radius 2 is 1.57 bits per heavy atom. The molecule has 21 heavy (non-hydrogen) atoms. The summed E-state index contributed by atoms with van der Waals surface area (Å²) in [5.74, 6) is -0.247. The summed E-state index contributed by atoms with van der Waals surface area (Å²) >= 11 is 12.0. The van der Waals surface area contributed by atoms with Crippen LogP contribution in [-0.2, 0) is 15.8 Å². The predicted octanol–water partition coefficient (Wildman–Crippen LogP) is 4.17. The van der Waals surface area contributed by atoms with Gasteiger partial charge in [-0.3, -0.25) is 0 Å². The van der Waals surface area contributed by atoms with Gasteiger partial charge in [-0.2, -0.15) is 0 Å². The van der Waals surface area contributed by atoms with Crippen LogP contribution in [0.15, 0.2) is 48.5 Å². The molecule has 0 saturated heterocycles. The van der Waals surface area contributed by atoms with E-state index in [1.165, 1.54) is 0 Å². The van der Waals surface area contributed by atoms with E-state index in [2.05, 4.69) is 4.72 Å². The van der Waals surface area contributed by atoms with E-state index in [0.717, 1.165) is 5.56 Å². The molecular weight excluding hydrogens is 329 g/mol. The smallest absolute Gasteiger partial charge is 0.212 e. The molecule has 112 valence electrons. The van der Waals surface area contributed by atoms with Crippen molar-refractivity contribution in [3.8, 4) is 0 Å². The lowest BCUT2D eigenvalue weighted by Gasteiger charge is -2.15. The molecule has 0 aliphatic heterocycles. The topological polar surface area (TPSA) is 46.2 Å². The summed E-state index contributed by atoms with van der Waals surface area (Å²) in [5.41, 5.74) is 1.31. The molecule has 6 heteroatoms. The molecule has 0 amide bonds. The van der Waals surface area contributed by atoms with Gasteiger partial charge in [0.05, 0.1) is 5.75 Å². The summed E-state index contributed by atoms with van der Waals surface area (Å²) in [6.45, 7) is 1.79. The van der Waals surface area contributed by atoms with Crippen LogP contribution in [0, 0.1) is 0 Å². The zero-order chi connectivity index (χ0) is 15.5. The maximum Gasteiger partial charge on any atom is 0.216 e. The van der Waals surface area contributed by atoms with Crippen LogP contribution < -0.4 is 4.72 Å². The van der Waals surface area contributed by atoms with Crippen molar-refractivity contribution < 1.29 is 8.42 Å². The zero-order valence-corrected chi connectivity index (χ0v) is 13.7. The van der Waals surface area contributed by atoms with E-state index in [0.29, 0.717) is 15.6 Å². The van der Waals surface area contributed by atoms with E-state index < -0.39 is 10.0 Å². The van der Waals surface area contributed by atoms with Crippen molar-refractivity contribution in [2.24, 2.45) is 0 Å². The lowest BCUT2D eigenvalue weighted by atomic mass is 10.1. The van der Waals surface area contributed by atoms with Gasteiger partial charge in [0.25, 0.3) is 0 Å². The summed E-state index contributed by atoms with van der Waals surface area (Å²) < 4.78 is 27.1. The normalized spacial score (nSPS) is 13.1. The average Bonchev–Trinajstić information content (AvgIpc) is 2.43. The molecule has 0 aliphatic carbocycles. The number of rotatable bonds is 5. The fraction of sp³-hybridized carbons (Fsp3) is 0.200.